The second-order valence-corrected chi connectivity index (χ2v) is 9.13. The van der Waals surface area contributed by atoms with Gasteiger partial charge in [0.1, 0.15) is 5.82 Å². The van der Waals surface area contributed by atoms with Crippen molar-refractivity contribution >= 4 is 66.8 Å². The number of carboxylic acids is 1. The summed E-state index contributed by atoms with van der Waals surface area (Å²) in [5.74, 6) is 6.23. The number of pyridine rings is 1. The fraction of sp³-hybridized carbons (Fsp3) is 0.125. The number of alkyl halides is 1. The van der Waals surface area contributed by atoms with Gasteiger partial charge in [0.2, 0.25) is 0 Å². The number of aliphatic carboxylic acids is 1. The number of nitrogens with two attached hydrogens (primary N) is 1. The van der Waals surface area contributed by atoms with E-state index in [2.05, 4.69) is 54.9 Å². The van der Waals surface area contributed by atoms with Crippen LogP contribution in [0.1, 0.15) is 16.7 Å². The van der Waals surface area contributed by atoms with Crippen LogP contribution in [-0.2, 0) is 17.6 Å². The lowest BCUT2D eigenvalue weighted by atomic mass is 10.0. The van der Waals surface area contributed by atoms with Crippen LogP contribution in [-0.4, -0.2) is 31.3 Å². The summed E-state index contributed by atoms with van der Waals surface area (Å²) in [5.41, 5.74) is 5.33. The Labute approximate surface area is 213 Å². The lowest BCUT2D eigenvalue weighted by Gasteiger charge is -2.32. The summed E-state index contributed by atoms with van der Waals surface area (Å²) in [7, 11) is 0. The van der Waals surface area contributed by atoms with Gasteiger partial charge in [0.05, 0.1) is 16.4 Å². The molecule has 0 amide bonds. The van der Waals surface area contributed by atoms with Crippen LogP contribution in [0.3, 0.4) is 0 Å². The van der Waals surface area contributed by atoms with Gasteiger partial charge >= 0.3 is 5.97 Å². The SMILES string of the molecule is N=C1C(Br)=C(Cc2ccc(CC(=O)O)cc2)N/C(=C(/CI)c2cnc3ccccc3c2)N1N. The predicted molar refractivity (Wildman–Crippen MR) is 142 cm³/mol. The van der Waals surface area contributed by atoms with Crippen molar-refractivity contribution in [2.24, 2.45) is 5.84 Å². The Hall–Kier alpha value is -2.76. The van der Waals surface area contributed by atoms with Crippen molar-refractivity contribution in [2.45, 2.75) is 12.8 Å². The Morgan fingerprint density at radius 2 is 1.88 bits per heavy atom. The summed E-state index contributed by atoms with van der Waals surface area (Å²) in [6, 6.07) is 17.5. The first kappa shape index (κ1) is 23.4. The van der Waals surface area contributed by atoms with Gasteiger partial charge in [0.25, 0.3) is 0 Å². The number of benzene rings is 2. The number of para-hydroxylation sites is 1. The number of nitrogens with zero attached hydrogens (tertiary/aromatic N) is 2. The van der Waals surface area contributed by atoms with Gasteiger partial charge in [0.15, 0.2) is 5.84 Å². The van der Waals surface area contributed by atoms with E-state index < -0.39 is 5.97 Å². The first-order valence-corrected chi connectivity index (χ1v) is 12.4. The van der Waals surface area contributed by atoms with Gasteiger partial charge in [-0.25, -0.2) is 10.9 Å². The van der Waals surface area contributed by atoms with Crippen LogP contribution in [0.5, 0.6) is 0 Å². The molecule has 3 aromatic rings. The molecule has 2 heterocycles. The minimum Gasteiger partial charge on any atom is -0.481 e. The molecule has 0 atom stereocenters. The molecule has 168 valence electrons. The van der Waals surface area contributed by atoms with Crippen LogP contribution in [0.15, 0.2) is 76.8 Å². The highest BCUT2D eigenvalue weighted by molar-refractivity contribution is 14.1. The average Bonchev–Trinajstić information content (AvgIpc) is 2.81. The summed E-state index contributed by atoms with van der Waals surface area (Å²) >= 11 is 5.80. The molecular weight excluding hydrogens is 597 g/mol. The van der Waals surface area contributed by atoms with Crippen LogP contribution in [0, 0.1) is 5.41 Å². The molecule has 33 heavy (non-hydrogen) atoms. The maximum Gasteiger partial charge on any atom is 0.307 e. The van der Waals surface area contributed by atoms with Crippen LogP contribution in [0.2, 0.25) is 0 Å². The molecule has 0 saturated heterocycles. The lowest BCUT2D eigenvalue weighted by molar-refractivity contribution is -0.136. The average molecular weight is 618 g/mol. The number of fused-ring (bicyclic) bond motifs is 1. The van der Waals surface area contributed by atoms with E-state index in [1.54, 1.807) is 0 Å². The van der Waals surface area contributed by atoms with Crippen molar-refractivity contribution in [1.29, 1.82) is 5.41 Å². The number of carboxylic acid groups (broad SMARTS) is 1. The number of aromatic nitrogens is 1. The Morgan fingerprint density at radius 1 is 1.18 bits per heavy atom. The largest absolute Gasteiger partial charge is 0.481 e. The summed E-state index contributed by atoms with van der Waals surface area (Å²) < 4.78 is 1.24. The molecular formula is C24H21BrIN5O2. The topological polar surface area (TPSA) is 115 Å². The molecule has 2 aromatic carbocycles. The van der Waals surface area contributed by atoms with Gasteiger partial charge in [-0.15, -0.1) is 0 Å². The molecule has 0 fully saturated rings. The molecule has 1 aliphatic rings. The maximum atomic E-state index is 10.9. The van der Waals surface area contributed by atoms with E-state index in [0.29, 0.717) is 21.2 Å². The summed E-state index contributed by atoms with van der Waals surface area (Å²) in [6.07, 6.45) is 2.35. The molecule has 1 aromatic heterocycles. The Bertz CT molecular complexity index is 1300. The molecule has 0 aliphatic carbocycles. The minimum atomic E-state index is -0.858. The number of nitrogens with one attached hydrogen (secondary N) is 2. The van der Waals surface area contributed by atoms with Crippen LogP contribution >= 0.6 is 38.5 Å². The first-order valence-electron chi connectivity index (χ1n) is 10.1. The van der Waals surface area contributed by atoms with Crippen molar-refractivity contribution in [3.05, 3.63) is 93.5 Å². The number of hydrogen-bond acceptors (Lipinski definition) is 5. The first-order chi connectivity index (χ1) is 15.9. The van der Waals surface area contributed by atoms with Gasteiger partial charge in [-0.05, 0) is 39.2 Å². The molecule has 0 radical (unpaired) electrons. The lowest BCUT2D eigenvalue weighted by Crippen LogP contribution is -2.47. The van der Waals surface area contributed by atoms with Crippen LogP contribution < -0.4 is 11.2 Å². The van der Waals surface area contributed by atoms with Gasteiger partial charge in [0, 0.05) is 39.3 Å². The van der Waals surface area contributed by atoms with Crippen molar-refractivity contribution in [1.82, 2.24) is 15.3 Å². The molecule has 0 unspecified atom stereocenters. The zero-order valence-corrected chi connectivity index (χ0v) is 21.2. The molecule has 4 rings (SSSR count). The molecule has 0 saturated carbocycles. The van der Waals surface area contributed by atoms with E-state index in [1.807, 2.05) is 54.7 Å². The third-order valence-corrected chi connectivity index (χ3v) is 6.96. The minimum absolute atomic E-state index is 0.0105. The number of rotatable bonds is 6. The fourth-order valence-electron chi connectivity index (χ4n) is 3.63. The standard InChI is InChI=1S/C24H21BrIN5O2/c25-22-20(9-14-5-7-15(8-6-14)10-21(32)33)30-24(31(28)23(22)27)18(12-26)17-11-16-3-1-2-4-19(16)29-13-17/h1-8,11,13,27,30H,9-10,12,28H2,(H,32,33)/b24-18+,27-23?. The Kier molecular flexibility index (Phi) is 7.11. The monoisotopic (exact) mass is 617 g/mol. The van der Waals surface area contributed by atoms with E-state index in [0.717, 1.165) is 38.9 Å². The van der Waals surface area contributed by atoms with Gasteiger partial charge in [-0.3, -0.25) is 15.2 Å². The molecule has 9 heteroatoms. The molecule has 1 aliphatic heterocycles. The highest BCUT2D eigenvalue weighted by Gasteiger charge is 2.27. The number of allylic oxidation sites excluding steroid dienone is 2. The van der Waals surface area contributed by atoms with E-state index in [4.69, 9.17) is 16.4 Å². The van der Waals surface area contributed by atoms with Crippen molar-refractivity contribution < 1.29 is 9.90 Å². The quantitative estimate of drug-likeness (QED) is 0.183. The number of carbonyl (C=O) groups is 1. The smallest absolute Gasteiger partial charge is 0.307 e. The number of amidine groups is 1. The summed E-state index contributed by atoms with van der Waals surface area (Å²) in [5, 5.41) is 23.3. The van der Waals surface area contributed by atoms with E-state index >= 15 is 0 Å². The third kappa shape index (κ3) is 5.10. The fourth-order valence-corrected chi connectivity index (χ4v) is 4.86. The Balaban J connectivity index is 1.68. The molecule has 5 N–H and O–H groups in total. The van der Waals surface area contributed by atoms with E-state index in [1.165, 1.54) is 5.01 Å². The van der Waals surface area contributed by atoms with Gasteiger partial charge < -0.3 is 10.4 Å². The van der Waals surface area contributed by atoms with Crippen molar-refractivity contribution in [3.8, 4) is 0 Å². The molecule has 7 nitrogen and oxygen atoms in total. The van der Waals surface area contributed by atoms with Crippen molar-refractivity contribution in [3.63, 3.8) is 0 Å². The molecule has 0 bridgehead atoms. The maximum absolute atomic E-state index is 10.9. The zero-order chi connectivity index (χ0) is 23.5. The van der Waals surface area contributed by atoms with Crippen molar-refractivity contribution in [2.75, 3.05) is 4.43 Å². The zero-order valence-electron chi connectivity index (χ0n) is 17.5. The number of halogens is 2. The molecule has 0 spiro atoms. The van der Waals surface area contributed by atoms with E-state index in [-0.39, 0.29) is 12.3 Å². The second-order valence-electron chi connectivity index (χ2n) is 7.58. The normalized spacial score (nSPS) is 15.6. The van der Waals surface area contributed by atoms with Crippen LogP contribution in [0.25, 0.3) is 16.5 Å². The summed E-state index contributed by atoms with van der Waals surface area (Å²) in [4.78, 5) is 15.5. The highest BCUT2D eigenvalue weighted by atomic mass is 127. The summed E-state index contributed by atoms with van der Waals surface area (Å²) in [6.45, 7) is 0. The predicted octanol–water partition coefficient (Wildman–Crippen LogP) is 4.57. The Morgan fingerprint density at radius 3 is 2.58 bits per heavy atom. The third-order valence-electron chi connectivity index (χ3n) is 5.34. The van der Waals surface area contributed by atoms with Gasteiger partial charge in [-0.1, -0.05) is 65.1 Å². The van der Waals surface area contributed by atoms with Gasteiger partial charge in [-0.2, -0.15) is 0 Å². The second kappa shape index (κ2) is 10.0. The van der Waals surface area contributed by atoms with E-state index in [9.17, 15) is 4.79 Å². The number of hydrogen-bond donors (Lipinski definition) is 4. The number of hydrazine groups is 1. The highest BCUT2D eigenvalue weighted by Crippen LogP contribution is 2.30. The van der Waals surface area contributed by atoms with Crippen LogP contribution in [0.4, 0.5) is 0 Å².